The minimum Gasteiger partial charge on any atom is -0.496 e. The fraction of sp³-hybridized carbons (Fsp3) is 0.304. The van der Waals surface area contributed by atoms with Crippen molar-refractivity contribution in [3.05, 3.63) is 75.5 Å². The number of hydrogen-bond acceptors (Lipinski definition) is 5. The molecular weight excluding hydrogens is 366 g/mol. The van der Waals surface area contributed by atoms with Gasteiger partial charge in [-0.3, -0.25) is 15.4 Å². The van der Waals surface area contributed by atoms with Gasteiger partial charge >= 0.3 is 0 Å². The molecule has 0 saturated heterocycles. The summed E-state index contributed by atoms with van der Waals surface area (Å²) in [4.78, 5) is 12.6. The molecule has 3 rings (SSSR count). The third-order valence-electron chi connectivity index (χ3n) is 4.84. The van der Waals surface area contributed by atoms with E-state index in [4.69, 9.17) is 4.74 Å². The molecule has 152 valence electrons. The van der Waals surface area contributed by atoms with E-state index in [2.05, 4.69) is 55.4 Å². The highest BCUT2D eigenvalue weighted by Crippen LogP contribution is 2.38. The smallest absolute Gasteiger partial charge is 0.269 e. The van der Waals surface area contributed by atoms with E-state index in [1.807, 2.05) is 12.2 Å². The lowest BCUT2D eigenvalue weighted by Gasteiger charge is -2.29. The molecule has 1 heterocycles. The predicted octanol–water partition coefficient (Wildman–Crippen LogP) is 4.95. The lowest BCUT2D eigenvalue weighted by atomic mass is 9.84. The summed E-state index contributed by atoms with van der Waals surface area (Å²) in [6.07, 6.45) is 8.13. The van der Waals surface area contributed by atoms with Gasteiger partial charge in [0, 0.05) is 41.7 Å². The van der Waals surface area contributed by atoms with Gasteiger partial charge in [0.05, 0.1) is 18.7 Å². The molecule has 0 bridgehead atoms. The van der Waals surface area contributed by atoms with Crippen LogP contribution in [0.5, 0.6) is 5.75 Å². The molecule has 1 aliphatic heterocycles. The average Bonchev–Trinajstić information content (AvgIpc) is 2.71. The Morgan fingerprint density at radius 1 is 1.17 bits per heavy atom. The van der Waals surface area contributed by atoms with E-state index in [0.29, 0.717) is 0 Å². The number of nitro groups is 1. The molecule has 0 fully saturated rings. The second-order valence-electron chi connectivity index (χ2n) is 8.01. The van der Waals surface area contributed by atoms with Crippen LogP contribution in [0.2, 0.25) is 0 Å². The zero-order valence-corrected chi connectivity index (χ0v) is 17.3. The second kappa shape index (κ2) is 8.49. The highest BCUT2D eigenvalue weighted by atomic mass is 16.6. The number of nitro benzene ring substituents is 1. The van der Waals surface area contributed by atoms with E-state index in [9.17, 15) is 10.1 Å². The predicted molar refractivity (Wildman–Crippen MR) is 118 cm³/mol. The van der Waals surface area contributed by atoms with Crippen molar-refractivity contribution in [2.45, 2.75) is 26.2 Å². The average molecular weight is 393 g/mol. The summed E-state index contributed by atoms with van der Waals surface area (Å²) in [7, 11) is 1.69. The number of methoxy groups -OCH3 is 1. The molecular formula is C23H27N3O3. The first-order chi connectivity index (χ1) is 13.8. The Labute approximate surface area is 171 Å². The fourth-order valence-corrected chi connectivity index (χ4v) is 3.28. The number of non-ortho nitro benzene ring substituents is 1. The van der Waals surface area contributed by atoms with Gasteiger partial charge in [-0.2, -0.15) is 0 Å². The molecule has 0 spiro atoms. The molecule has 2 aromatic carbocycles. The van der Waals surface area contributed by atoms with Crippen molar-refractivity contribution in [3.63, 3.8) is 0 Å². The number of nitrogens with one attached hydrogen (secondary N) is 1. The SMILES string of the molecule is COc1c(/C=C/c2ccc([N+](=O)[O-])cc2)cc(N2C=CCNC2)cc1C(C)(C)C. The van der Waals surface area contributed by atoms with Crippen molar-refractivity contribution in [3.8, 4) is 5.75 Å². The first-order valence-electron chi connectivity index (χ1n) is 9.58. The molecule has 1 aliphatic rings. The topological polar surface area (TPSA) is 67.6 Å². The van der Waals surface area contributed by atoms with E-state index in [0.717, 1.165) is 41.3 Å². The maximum absolute atomic E-state index is 10.9. The number of rotatable bonds is 5. The largest absolute Gasteiger partial charge is 0.496 e. The number of nitrogens with zero attached hydrogens (tertiary/aromatic N) is 2. The minimum atomic E-state index is -0.393. The maximum atomic E-state index is 10.9. The Hall–Kier alpha value is -3.12. The Kier molecular flexibility index (Phi) is 6.03. The van der Waals surface area contributed by atoms with Crippen molar-refractivity contribution >= 4 is 23.5 Å². The van der Waals surface area contributed by atoms with Gasteiger partial charge in [0.25, 0.3) is 5.69 Å². The van der Waals surface area contributed by atoms with Gasteiger partial charge in [0.1, 0.15) is 5.75 Å². The molecule has 1 N–H and O–H groups in total. The van der Waals surface area contributed by atoms with Gasteiger partial charge in [-0.1, -0.05) is 39.0 Å². The second-order valence-corrected chi connectivity index (χ2v) is 8.01. The molecule has 0 unspecified atom stereocenters. The maximum Gasteiger partial charge on any atom is 0.269 e. The van der Waals surface area contributed by atoms with E-state index in [-0.39, 0.29) is 11.1 Å². The lowest BCUT2D eigenvalue weighted by Crippen LogP contribution is -2.34. The molecule has 0 amide bonds. The Balaban J connectivity index is 2.04. The Morgan fingerprint density at radius 2 is 1.90 bits per heavy atom. The summed E-state index contributed by atoms with van der Waals surface area (Å²) in [6.45, 7) is 8.12. The van der Waals surface area contributed by atoms with Crippen LogP contribution in [0.3, 0.4) is 0 Å². The number of ether oxygens (including phenoxy) is 1. The lowest BCUT2D eigenvalue weighted by molar-refractivity contribution is -0.384. The number of anilines is 1. The summed E-state index contributed by atoms with van der Waals surface area (Å²) in [5.41, 5.74) is 4.06. The van der Waals surface area contributed by atoms with Crippen molar-refractivity contribution in [2.24, 2.45) is 0 Å². The third kappa shape index (κ3) is 4.84. The monoisotopic (exact) mass is 393 g/mol. The first-order valence-corrected chi connectivity index (χ1v) is 9.58. The highest BCUT2D eigenvalue weighted by molar-refractivity contribution is 5.77. The van der Waals surface area contributed by atoms with E-state index in [1.165, 1.54) is 12.1 Å². The van der Waals surface area contributed by atoms with Gasteiger partial charge < -0.3 is 9.64 Å². The van der Waals surface area contributed by atoms with Crippen molar-refractivity contribution < 1.29 is 9.66 Å². The summed E-state index contributed by atoms with van der Waals surface area (Å²) < 4.78 is 5.79. The van der Waals surface area contributed by atoms with Gasteiger partial charge in [-0.15, -0.1) is 0 Å². The molecule has 29 heavy (non-hydrogen) atoms. The Bertz CT molecular complexity index is 941. The quantitative estimate of drug-likeness (QED) is 0.442. The summed E-state index contributed by atoms with van der Waals surface area (Å²) in [5.74, 6) is 0.841. The van der Waals surface area contributed by atoms with Crippen LogP contribution in [0, 0.1) is 10.1 Å². The van der Waals surface area contributed by atoms with Crippen molar-refractivity contribution in [1.82, 2.24) is 5.32 Å². The van der Waals surface area contributed by atoms with Gasteiger partial charge in [0.15, 0.2) is 0 Å². The van der Waals surface area contributed by atoms with Crippen LogP contribution >= 0.6 is 0 Å². The minimum absolute atomic E-state index is 0.0844. The molecule has 0 radical (unpaired) electrons. The molecule has 0 aromatic heterocycles. The standard InChI is InChI=1S/C23H27N3O3/c1-23(2,3)21-15-20(25-13-5-12-24-16-25)14-18(22(21)29-4)9-6-17-7-10-19(11-8-17)26(27)28/h5-11,13-15,24H,12,16H2,1-4H3/b9-6+. The van der Waals surface area contributed by atoms with Crippen LogP contribution in [0.25, 0.3) is 12.2 Å². The summed E-state index contributed by atoms with van der Waals surface area (Å²) >= 11 is 0. The van der Waals surface area contributed by atoms with Crippen LogP contribution in [-0.4, -0.2) is 25.2 Å². The highest BCUT2D eigenvalue weighted by Gasteiger charge is 2.23. The normalized spacial score (nSPS) is 14.4. The van der Waals surface area contributed by atoms with Crippen LogP contribution in [-0.2, 0) is 5.41 Å². The summed E-state index contributed by atoms with van der Waals surface area (Å²) in [5, 5.41) is 14.2. The Morgan fingerprint density at radius 3 is 2.45 bits per heavy atom. The molecule has 6 heteroatoms. The molecule has 0 saturated carbocycles. The zero-order valence-electron chi connectivity index (χ0n) is 17.3. The van der Waals surface area contributed by atoms with Gasteiger partial charge in [0.2, 0.25) is 0 Å². The molecule has 2 aromatic rings. The molecule has 6 nitrogen and oxygen atoms in total. The molecule has 0 atom stereocenters. The van der Waals surface area contributed by atoms with Crippen LogP contribution in [0.15, 0.2) is 48.7 Å². The fourth-order valence-electron chi connectivity index (χ4n) is 3.28. The van der Waals surface area contributed by atoms with Crippen molar-refractivity contribution in [1.29, 1.82) is 0 Å². The van der Waals surface area contributed by atoms with Gasteiger partial charge in [-0.25, -0.2) is 0 Å². The first kappa shape index (κ1) is 20.6. The zero-order chi connectivity index (χ0) is 21.0. The number of benzene rings is 2. The van der Waals surface area contributed by atoms with Crippen molar-refractivity contribution in [2.75, 3.05) is 25.2 Å². The van der Waals surface area contributed by atoms with Crippen LogP contribution in [0.1, 0.15) is 37.5 Å². The third-order valence-corrected chi connectivity index (χ3v) is 4.84. The molecule has 0 aliphatic carbocycles. The van der Waals surface area contributed by atoms with Crippen LogP contribution in [0.4, 0.5) is 11.4 Å². The van der Waals surface area contributed by atoms with E-state index < -0.39 is 4.92 Å². The van der Waals surface area contributed by atoms with E-state index in [1.54, 1.807) is 19.2 Å². The number of hydrogen-bond donors (Lipinski definition) is 1. The van der Waals surface area contributed by atoms with Crippen LogP contribution < -0.4 is 15.0 Å². The summed E-state index contributed by atoms with van der Waals surface area (Å²) in [6, 6.07) is 10.8. The van der Waals surface area contributed by atoms with E-state index >= 15 is 0 Å². The van der Waals surface area contributed by atoms with Gasteiger partial charge in [-0.05, 0) is 35.2 Å².